The van der Waals surface area contributed by atoms with E-state index in [2.05, 4.69) is 5.32 Å². The van der Waals surface area contributed by atoms with E-state index >= 15 is 0 Å². The molecule has 118 valence electrons. The Hall–Kier alpha value is -0.970. The van der Waals surface area contributed by atoms with Gasteiger partial charge in [0.1, 0.15) is 4.33 Å². The van der Waals surface area contributed by atoms with E-state index in [0.717, 1.165) is 25.9 Å². The highest BCUT2D eigenvalue weighted by atomic mass is 35.5. The average Bonchev–Trinajstić information content (AvgIpc) is 2.91. The highest BCUT2D eigenvalue weighted by Crippen LogP contribution is 2.53. The lowest BCUT2D eigenvalue weighted by atomic mass is 10.1. The number of hydrogen-bond donors (Lipinski definition) is 1. The summed E-state index contributed by atoms with van der Waals surface area (Å²) in [7, 11) is 0. The molecule has 4 nitrogen and oxygen atoms in total. The lowest BCUT2D eigenvalue weighted by molar-refractivity contribution is -0.117. The number of hydrogen-bond acceptors (Lipinski definition) is 2. The van der Waals surface area contributed by atoms with Crippen LogP contribution in [0.1, 0.15) is 29.6 Å². The maximum Gasteiger partial charge on any atom is 0.256 e. The third kappa shape index (κ3) is 3.19. The van der Waals surface area contributed by atoms with Gasteiger partial charge in [0.05, 0.1) is 17.2 Å². The first-order valence-electron chi connectivity index (χ1n) is 7.16. The van der Waals surface area contributed by atoms with Crippen molar-refractivity contribution in [2.75, 3.05) is 18.4 Å². The zero-order valence-corrected chi connectivity index (χ0v) is 14.0. The van der Waals surface area contributed by atoms with Gasteiger partial charge in [0, 0.05) is 18.1 Å². The molecule has 1 saturated heterocycles. The minimum Gasteiger partial charge on any atom is -0.339 e. The van der Waals surface area contributed by atoms with Crippen LogP contribution < -0.4 is 5.32 Å². The van der Waals surface area contributed by atoms with Gasteiger partial charge < -0.3 is 10.2 Å². The Morgan fingerprint density at radius 2 is 1.86 bits per heavy atom. The number of carbonyl (C=O) groups excluding carboxylic acids is 2. The third-order valence-corrected chi connectivity index (χ3v) is 5.08. The van der Waals surface area contributed by atoms with Crippen LogP contribution in [-0.4, -0.2) is 34.1 Å². The predicted octanol–water partition coefficient (Wildman–Crippen LogP) is 3.71. The van der Waals surface area contributed by atoms with Crippen molar-refractivity contribution in [1.82, 2.24) is 4.90 Å². The topological polar surface area (TPSA) is 49.4 Å². The first-order valence-corrected chi connectivity index (χ1v) is 8.29. The summed E-state index contributed by atoms with van der Waals surface area (Å²) in [6, 6.07) is 4.86. The first-order chi connectivity index (χ1) is 10.4. The van der Waals surface area contributed by atoms with Gasteiger partial charge in [0.15, 0.2) is 0 Å². The monoisotopic (exact) mass is 360 g/mol. The Balaban J connectivity index is 1.81. The highest BCUT2D eigenvalue weighted by molar-refractivity contribution is 6.52. The molecule has 1 heterocycles. The summed E-state index contributed by atoms with van der Waals surface area (Å²) in [6.45, 7) is 1.46. The normalized spacial score (nSPS) is 22.5. The maximum absolute atomic E-state index is 12.6. The smallest absolute Gasteiger partial charge is 0.256 e. The average molecular weight is 362 g/mol. The van der Waals surface area contributed by atoms with Crippen molar-refractivity contribution in [1.29, 1.82) is 0 Å². The molecule has 3 rings (SSSR count). The van der Waals surface area contributed by atoms with Crippen LogP contribution in [0.5, 0.6) is 0 Å². The predicted molar refractivity (Wildman–Crippen MR) is 87.8 cm³/mol. The summed E-state index contributed by atoms with van der Waals surface area (Å²) in [5.74, 6) is -0.835. The van der Waals surface area contributed by atoms with E-state index in [0.29, 0.717) is 22.7 Å². The molecule has 1 unspecified atom stereocenters. The summed E-state index contributed by atoms with van der Waals surface area (Å²) in [4.78, 5) is 26.5. The second kappa shape index (κ2) is 5.91. The standard InChI is InChI=1S/C15H15Cl3N2O2/c16-9-3-4-12(19-13(21)11-8-15(11,17)18)10(7-9)14(22)20-5-1-2-6-20/h3-4,7,11H,1-2,5-6,8H2,(H,19,21). The molecule has 1 N–H and O–H groups in total. The Labute approximate surface area is 143 Å². The summed E-state index contributed by atoms with van der Waals surface area (Å²) in [5, 5.41) is 3.20. The fourth-order valence-electron chi connectivity index (χ4n) is 2.61. The van der Waals surface area contributed by atoms with Gasteiger partial charge in [0.2, 0.25) is 5.91 Å². The number of rotatable bonds is 3. The Morgan fingerprint density at radius 1 is 1.23 bits per heavy atom. The van der Waals surface area contributed by atoms with Crippen molar-refractivity contribution in [3.63, 3.8) is 0 Å². The molecular weight excluding hydrogens is 347 g/mol. The minimum atomic E-state index is -0.990. The van der Waals surface area contributed by atoms with Crippen LogP contribution in [0.2, 0.25) is 5.02 Å². The number of nitrogens with zero attached hydrogens (tertiary/aromatic N) is 1. The van der Waals surface area contributed by atoms with Crippen molar-refractivity contribution in [2.45, 2.75) is 23.6 Å². The molecule has 2 amide bonds. The van der Waals surface area contributed by atoms with Crippen molar-refractivity contribution in [3.8, 4) is 0 Å². The van der Waals surface area contributed by atoms with E-state index in [1.807, 2.05) is 0 Å². The van der Waals surface area contributed by atoms with Crippen LogP contribution in [0.25, 0.3) is 0 Å². The molecule has 22 heavy (non-hydrogen) atoms. The fraction of sp³-hybridized carbons (Fsp3) is 0.467. The van der Waals surface area contributed by atoms with Crippen LogP contribution >= 0.6 is 34.8 Å². The van der Waals surface area contributed by atoms with Crippen LogP contribution in [0.15, 0.2) is 18.2 Å². The lowest BCUT2D eigenvalue weighted by Gasteiger charge is -2.18. The molecule has 1 saturated carbocycles. The number of halogens is 3. The number of nitrogens with one attached hydrogen (secondary N) is 1. The molecule has 0 radical (unpaired) electrons. The minimum absolute atomic E-state index is 0.117. The van der Waals surface area contributed by atoms with E-state index in [4.69, 9.17) is 34.8 Å². The summed E-state index contributed by atoms with van der Waals surface area (Å²) < 4.78 is -0.990. The number of benzene rings is 1. The van der Waals surface area contributed by atoms with Crippen molar-refractivity contribution in [3.05, 3.63) is 28.8 Å². The molecule has 0 bridgehead atoms. The van der Waals surface area contributed by atoms with E-state index in [1.54, 1.807) is 23.1 Å². The van der Waals surface area contributed by atoms with Gasteiger partial charge in [-0.15, -0.1) is 23.2 Å². The highest BCUT2D eigenvalue weighted by Gasteiger charge is 2.56. The molecule has 1 aliphatic heterocycles. The van der Waals surface area contributed by atoms with Crippen LogP contribution in [0.4, 0.5) is 5.69 Å². The number of anilines is 1. The molecule has 7 heteroatoms. The zero-order chi connectivity index (χ0) is 15.9. The molecular formula is C15H15Cl3N2O2. The first kappa shape index (κ1) is 15.9. The van der Waals surface area contributed by atoms with Crippen LogP contribution in [0, 0.1) is 5.92 Å². The van der Waals surface area contributed by atoms with Gasteiger partial charge in [-0.05, 0) is 37.5 Å². The molecule has 1 aromatic carbocycles. The van der Waals surface area contributed by atoms with Crippen molar-refractivity contribution >= 4 is 52.3 Å². The van der Waals surface area contributed by atoms with Crippen molar-refractivity contribution in [2.24, 2.45) is 5.92 Å². The van der Waals surface area contributed by atoms with Crippen molar-refractivity contribution < 1.29 is 9.59 Å². The Kier molecular flexibility index (Phi) is 4.27. The maximum atomic E-state index is 12.6. The molecule has 1 aliphatic carbocycles. The zero-order valence-electron chi connectivity index (χ0n) is 11.7. The van der Waals surface area contributed by atoms with Crippen LogP contribution in [-0.2, 0) is 4.79 Å². The van der Waals surface area contributed by atoms with Gasteiger partial charge >= 0.3 is 0 Å². The van der Waals surface area contributed by atoms with E-state index in [1.165, 1.54) is 0 Å². The quantitative estimate of drug-likeness (QED) is 0.834. The molecule has 0 spiro atoms. The summed E-state index contributed by atoms with van der Waals surface area (Å²) >= 11 is 17.8. The fourth-order valence-corrected chi connectivity index (χ4v) is 3.29. The summed E-state index contributed by atoms with van der Waals surface area (Å²) in [5.41, 5.74) is 0.848. The molecule has 1 aromatic rings. The number of carbonyl (C=O) groups is 2. The molecule has 1 atom stereocenters. The second-order valence-corrected chi connectivity index (χ2v) is 7.68. The molecule has 2 aliphatic rings. The summed E-state index contributed by atoms with van der Waals surface area (Å²) in [6.07, 6.45) is 2.42. The number of alkyl halides is 2. The Morgan fingerprint density at radius 3 is 2.45 bits per heavy atom. The third-order valence-electron chi connectivity index (χ3n) is 4.01. The van der Waals surface area contributed by atoms with Gasteiger partial charge in [-0.3, -0.25) is 9.59 Å². The largest absolute Gasteiger partial charge is 0.339 e. The lowest BCUT2D eigenvalue weighted by Crippen LogP contribution is -2.29. The van der Waals surface area contributed by atoms with Gasteiger partial charge in [-0.2, -0.15) is 0 Å². The SMILES string of the molecule is O=C(Nc1ccc(Cl)cc1C(=O)N1CCCC1)C1CC1(Cl)Cl. The second-order valence-electron chi connectivity index (χ2n) is 5.70. The van der Waals surface area contributed by atoms with E-state index in [-0.39, 0.29) is 11.8 Å². The van der Waals surface area contributed by atoms with Crippen LogP contribution in [0.3, 0.4) is 0 Å². The van der Waals surface area contributed by atoms with Gasteiger partial charge in [-0.25, -0.2) is 0 Å². The van der Waals surface area contributed by atoms with Gasteiger partial charge in [-0.1, -0.05) is 11.6 Å². The number of likely N-dealkylation sites (tertiary alicyclic amines) is 1. The number of amides is 2. The van der Waals surface area contributed by atoms with Gasteiger partial charge in [0.25, 0.3) is 5.91 Å². The molecule has 0 aromatic heterocycles. The van der Waals surface area contributed by atoms with E-state index < -0.39 is 10.3 Å². The van der Waals surface area contributed by atoms with E-state index in [9.17, 15) is 9.59 Å². The molecule has 2 fully saturated rings. The Bertz CT molecular complexity index is 627.